The van der Waals surface area contributed by atoms with Gasteiger partial charge in [-0.2, -0.15) is 0 Å². The van der Waals surface area contributed by atoms with Crippen molar-refractivity contribution in [3.63, 3.8) is 0 Å². The van der Waals surface area contributed by atoms with E-state index in [0.29, 0.717) is 13.2 Å². The van der Waals surface area contributed by atoms with Crippen LogP contribution in [0.4, 0.5) is 0 Å². The summed E-state index contributed by atoms with van der Waals surface area (Å²) < 4.78 is 5.61. The third kappa shape index (κ3) is 9.79. The Kier molecular flexibility index (Phi) is 11.7. The van der Waals surface area contributed by atoms with Crippen molar-refractivity contribution >= 4 is 15.2 Å². The lowest BCUT2D eigenvalue weighted by Gasteiger charge is -2.03. The van der Waals surface area contributed by atoms with Crippen molar-refractivity contribution in [3.05, 3.63) is 71.8 Å². The first-order chi connectivity index (χ1) is 10.9. The van der Waals surface area contributed by atoms with Crippen LogP contribution in [-0.2, 0) is 18.0 Å². The summed E-state index contributed by atoms with van der Waals surface area (Å²) >= 11 is 0.822. The minimum atomic E-state index is 0.676. The third-order valence-electron chi connectivity index (χ3n) is 3.21. The van der Waals surface area contributed by atoms with Crippen LogP contribution in [0.15, 0.2) is 60.7 Å². The number of benzene rings is 2. The van der Waals surface area contributed by atoms with Crippen LogP contribution in [-0.4, -0.2) is 15.2 Å². The molecular weight excluding hydrogens is 283 g/mol. The van der Waals surface area contributed by atoms with E-state index in [1.54, 1.807) is 0 Å². The Hall–Kier alpha value is -1.07. The molecule has 2 aromatic carbocycles. The number of hydrogen-bond donors (Lipinski definition) is 0. The summed E-state index contributed by atoms with van der Waals surface area (Å²) in [6.07, 6.45) is 2.80. The molecule has 2 aromatic rings. The lowest BCUT2D eigenvalue weighted by Crippen LogP contribution is -1.93. The molecule has 0 atom stereocenters. The van der Waals surface area contributed by atoms with Gasteiger partial charge in [-0.25, -0.2) is 0 Å². The van der Waals surface area contributed by atoms with E-state index in [1.165, 1.54) is 34.5 Å². The van der Waals surface area contributed by atoms with E-state index in [4.69, 9.17) is 4.74 Å². The zero-order valence-corrected chi connectivity index (χ0v) is 15.2. The van der Waals surface area contributed by atoms with Gasteiger partial charge in [0.2, 0.25) is 0 Å². The van der Waals surface area contributed by atoms with E-state index < -0.39 is 0 Å². The standard InChI is InChI=1S/C14H14O.2C3H7.Al/c1-3-7-13(8-4-1)11-15-12-14-9-5-2-6-10-14;2*1-3-2;/h1-10H,11-12H2;2*1,3H2,2H3;. The van der Waals surface area contributed by atoms with E-state index in [9.17, 15) is 0 Å². The van der Waals surface area contributed by atoms with Crippen LogP contribution in [0.1, 0.15) is 37.8 Å². The molecule has 1 nitrogen and oxygen atoms in total. The van der Waals surface area contributed by atoms with E-state index in [0.717, 1.165) is 15.2 Å². The minimum absolute atomic E-state index is 0.676. The van der Waals surface area contributed by atoms with Gasteiger partial charge in [-0.3, -0.25) is 0 Å². The SMILES string of the molecule is CC[CH2][Al][CH2]CC.c1ccc(COCc2ccccc2)cc1. The first kappa shape index (κ1) is 19.0. The molecule has 0 saturated heterocycles. The molecule has 117 valence electrons. The molecule has 0 bridgehead atoms. The molecule has 0 fully saturated rings. The van der Waals surface area contributed by atoms with Gasteiger partial charge in [0, 0.05) is 0 Å². The fourth-order valence-electron chi connectivity index (χ4n) is 1.99. The monoisotopic (exact) mass is 311 g/mol. The zero-order chi connectivity index (χ0) is 15.9. The molecule has 0 amide bonds. The van der Waals surface area contributed by atoms with Gasteiger partial charge in [-0.1, -0.05) is 87.4 Å². The average Bonchev–Trinajstić information content (AvgIpc) is 2.58. The second kappa shape index (κ2) is 13.6. The van der Waals surface area contributed by atoms with Crippen molar-refractivity contribution in [2.45, 2.75) is 50.5 Å². The first-order valence-electron chi connectivity index (χ1n) is 8.34. The van der Waals surface area contributed by atoms with E-state index >= 15 is 0 Å². The van der Waals surface area contributed by atoms with E-state index in [1.807, 2.05) is 36.4 Å². The maximum atomic E-state index is 5.61. The maximum Gasteiger partial charge on any atom is 0.199 e. The van der Waals surface area contributed by atoms with Crippen molar-refractivity contribution < 1.29 is 4.74 Å². The Morgan fingerprint density at radius 2 is 1.09 bits per heavy atom. The lowest BCUT2D eigenvalue weighted by atomic mass is 10.2. The number of rotatable bonds is 8. The predicted molar refractivity (Wildman–Crippen MR) is 97.3 cm³/mol. The summed E-state index contributed by atoms with van der Waals surface area (Å²) in [7, 11) is 0. The molecule has 0 aromatic heterocycles. The highest BCUT2D eigenvalue weighted by Gasteiger charge is 1.93. The summed E-state index contributed by atoms with van der Waals surface area (Å²) in [5.41, 5.74) is 2.43. The molecular formula is C20H28AlO. The molecule has 0 aliphatic carbocycles. The van der Waals surface area contributed by atoms with Crippen LogP contribution in [0.2, 0.25) is 10.6 Å². The van der Waals surface area contributed by atoms with Crippen LogP contribution < -0.4 is 0 Å². The Morgan fingerprint density at radius 1 is 0.682 bits per heavy atom. The molecule has 2 heteroatoms. The highest BCUT2D eigenvalue weighted by Crippen LogP contribution is 2.05. The highest BCUT2D eigenvalue weighted by atomic mass is 27.1. The first-order valence-corrected chi connectivity index (χ1v) is 9.97. The minimum Gasteiger partial charge on any atom is -0.372 e. The van der Waals surface area contributed by atoms with Crippen molar-refractivity contribution in [2.75, 3.05) is 0 Å². The summed E-state index contributed by atoms with van der Waals surface area (Å²) in [6.45, 7) is 5.89. The number of hydrogen-bond acceptors (Lipinski definition) is 1. The van der Waals surface area contributed by atoms with Gasteiger partial charge >= 0.3 is 0 Å². The van der Waals surface area contributed by atoms with Crippen LogP contribution >= 0.6 is 0 Å². The van der Waals surface area contributed by atoms with Gasteiger partial charge in [0.15, 0.2) is 15.2 Å². The molecule has 0 aliphatic heterocycles. The van der Waals surface area contributed by atoms with Crippen LogP contribution in [0.3, 0.4) is 0 Å². The molecule has 0 unspecified atom stereocenters. The van der Waals surface area contributed by atoms with Gasteiger partial charge in [0.05, 0.1) is 13.2 Å². The van der Waals surface area contributed by atoms with Gasteiger partial charge in [-0.15, -0.1) is 10.6 Å². The van der Waals surface area contributed by atoms with Crippen LogP contribution in [0.25, 0.3) is 0 Å². The zero-order valence-electron chi connectivity index (χ0n) is 14.0. The topological polar surface area (TPSA) is 9.23 Å². The quantitative estimate of drug-likeness (QED) is 0.445. The molecule has 0 spiro atoms. The number of ether oxygens (including phenoxy) is 1. The molecule has 0 heterocycles. The summed E-state index contributed by atoms with van der Waals surface area (Å²) in [5.74, 6) is 0. The maximum absolute atomic E-state index is 5.61. The summed E-state index contributed by atoms with van der Waals surface area (Å²) in [4.78, 5) is 0. The van der Waals surface area contributed by atoms with Crippen LogP contribution in [0.5, 0.6) is 0 Å². The second-order valence-corrected chi connectivity index (χ2v) is 7.06. The highest BCUT2D eigenvalue weighted by molar-refractivity contribution is 6.35. The predicted octanol–water partition coefficient (Wildman–Crippen LogP) is 5.75. The fraction of sp³-hybridized carbons (Fsp3) is 0.400. The van der Waals surface area contributed by atoms with Gasteiger partial charge in [-0.05, 0) is 11.1 Å². The van der Waals surface area contributed by atoms with E-state index in [-0.39, 0.29) is 0 Å². The molecule has 0 N–H and O–H groups in total. The Bertz CT molecular complexity index is 412. The fourth-order valence-corrected chi connectivity index (χ4v) is 3.09. The van der Waals surface area contributed by atoms with Crippen molar-refractivity contribution in [1.29, 1.82) is 0 Å². The van der Waals surface area contributed by atoms with Gasteiger partial charge < -0.3 is 4.74 Å². The largest absolute Gasteiger partial charge is 0.372 e. The summed E-state index contributed by atoms with van der Waals surface area (Å²) in [6, 6.07) is 20.4. The molecule has 22 heavy (non-hydrogen) atoms. The second-order valence-electron chi connectivity index (χ2n) is 5.33. The van der Waals surface area contributed by atoms with Crippen molar-refractivity contribution in [1.82, 2.24) is 0 Å². The van der Waals surface area contributed by atoms with Crippen molar-refractivity contribution in [2.24, 2.45) is 0 Å². The molecule has 2 rings (SSSR count). The Balaban J connectivity index is 0.000000295. The lowest BCUT2D eigenvalue weighted by molar-refractivity contribution is 0.107. The molecule has 0 aliphatic rings. The van der Waals surface area contributed by atoms with Crippen LogP contribution in [0, 0.1) is 0 Å². The molecule has 1 radical (unpaired) electrons. The Labute approximate surface area is 142 Å². The third-order valence-corrected chi connectivity index (χ3v) is 5.18. The van der Waals surface area contributed by atoms with Gasteiger partial charge in [0.1, 0.15) is 0 Å². The summed E-state index contributed by atoms with van der Waals surface area (Å²) in [5, 5.41) is 3.02. The molecule has 0 saturated carbocycles. The van der Waals surface area contributed by atoms with E-state index in [2.05, 4.69) is 38.1 Å². The normalized spacial score (nSPS) is 9.73. The Morgan fingerprint density at radius 3 is 1.45 bits per heavy atom. The van der Waals surface area contributed by atoms with Gasteiger partial charge in [0.25, 0.3) is 0 Å². The smallest absolute Gasteiger partial charge is 0.199 e. The van der Waals surface area contributed by atoms with Crippen molar-refractivity contribution in [3.8, 4) is 0 Å². The average molecular weight is 311 g/mol.